The predicted molar refractivity (Wildman–Crippen MR) is 72.7 cm³/mol. The Kier molecular flexibility index (Phi) is 4.04. The van der Waals surface area contributed by atoms with Crippen LogP contribution in [-0.4, -0.2) is 22.0 Å². The highest BCUT2D eigenvalue weighted by Crippen LogP contribution is 2.30. The monoisotopic (exact) mass is 310 g/mol. The summed E-state index contributed by atoms with van der Waals surface area (Å²) in [4.78, 5) is 0. The van der Waals surface area contributed by atoms with Gasteiger partial charge in [0.1, 0.15) is 11.9 Å². The molecule has 1 unspecified atom stereocenters. The number of ether oxygens (including phenoxy) is 1. The van der Waals surface area contributed by atoms with Crippen molar-refractivity contribution in [1.29, 1.82) is 0 Å². The van der Waals surface area contributed by atoms with E-state index in [0.717, 1.165) is 21.5 Å². The summed E-state index contributed by atoms with van der Waals surface area (Å²) in [6.07, 6.45) is 0.972. The number of nitrogens with zero attached hydrogens (tertiary/aromatic N) is 2. The van der Waals surface area contributed by atoms with Crippen molar-refractivity contribution in [3.05, 3.63) is 46.2 Å². The molecule has 1 aromatic heterocycles. The molecule has 96 valence electrons. The van der Waals surface area contributed by atoms with Gasteiger partial charge in [-0.3, -0.25) is 4.68 Å². The van der Waals surface area contributed by atoms with Gasteiger partial charge in [0.25, 0.3) is 0 Å². The second-order valence-corrected chi connectivity index (χ2v) is 4.73. The third-order valence-electron chi connectivity index (χ3n) is 2.80. The van der Waals surface area contributed by atoms with Gasteiger partial charge in [-0.05, 0) is 40.5 Å². The Morgan fingerprint density at radius 1 is 1.50 bits per heavy atom. The first kappa shape index (κ1) is 13.1. The van der Waals surface area contributed by atoms with Crippen LogP contribution in [0.25, 0.3) is 0 Å². The Balaban J connectivity index is 2.40. The van der Waals surface area contributed by atoms with Crippen molar-refractivity contribution in [2.45, 2.75) is 19.6 Å². The number of rotatable bonds is 4. The number of benzene rings is 1. The smallest absolute Gasteiger partial charge is 0.122 e. The Hall–Kier alpha value is -1.33. The molecule has 0 saturated carbocycles. The van der Waals surface area contributed by atoms with E-state index in [4.69, 9.17) is 4.74 Å². The van der Waals surface area contributed by atoms with Gasteiger partial charge in [-0.1, -0.05) is 12.1 Å². The van der Waals surface area contributed by atoms with E-state index in [0.29, 0.717) is 6.54 Å². The van der Waals surface area contributed by atoms with Gasteiger partial charge in [-0.25, -0.2) is 0 Å². The highest BCUT2D eigenvalue weighted by molar-refractivity contribution is 9.10. The maximum atomic E-state index is 10.4. The fraction of sp³-hybridized carbons (Fsp3) is 0.308. The molecule has 0 bridgehead atoms. The molecule has 2 rings (SSSR count). The highest BCUT2D eigenvalue weighted by atomic mass is 79.9. The zero-order valence-corrected chi connectivity index (χ0v) is 11.9. The number of hydrogen-bond acceptors (Lipinski definition) is 3. The van der Waals surface area contributed by atoms with Crippen LogP contribution in [0, 0.1) is 0 Å². The van der Waals surface area contributed by atoms with E-state index in [2.05, 4.69) is 21.0 Å². The summed E-state index contributed by atoms with van der Waals surface area (Å²) < 4.78 is 7.74. The van der Waals surface area contributed by atoms with Crippen molar-refractivity contribution in [3.63, 3.8) is 0 Å². The Morgan fingerprint density at radius 3 is 2.94 bits per heavy atom. The molecule has 0 saturated heterocycles. The molecule has 4 nitrogen and oxygen atoms in total. The maximum absolute atomic E-state index is 10.4. The molecule has 0 aliphatic carbocycles. The number of aliphatic hydroxyl groups excluding tert-OH is 1. The Morgan fingerprint density at radius 2 is 2.28 bits per heavy atom. The summed E-state index contributed by atoms with van der Waals surface area (Å²) in [6.45, 7) is 2.70. The zero-order valence-electron chi connectivity index (χ0n) is 10.3. The quantitative estimate of drug-likeness (QED) is 0.944. The van der Waals surface area contributed by atoms with Crippen LogP contribution in [0.1, 0.15) is 24.3 Å². The van der Waals surface area contributed by atoms with Gasteiger partial charge in [0.05, 0.1) is 23.5 Å². The van der Waals surface area contributed by atoms with E-state index in [1.165, 1.54) is 0 Å². The zero-order chi connectivity index (χ0) is 13.1. The summed E-state index contributed by atoms with van der Waals surface area (Å²) >= 11 is 3.42. The minimum absolute atomic E-state index is 0.710. The van der Waals surface area contributed by atoms with Crippen LogP contribution < -0.4 is 4.74 Å². The van der Waals surface area contributed by atoms with Gasteiger partial charge < -0.3 is 9.84 Å². The summed E-state index contributed by atoms with van der Waals surface area (Å²) in [6, 6.07) is 7.40. The average Bonchev–Trinajstić information content (AvgIpc) is 2.79. The average molecular weight is 311 g/mol. The minimum Gasteiger partial charge on any atom is -0.497 e. The van der Waals surface area contributed by atoms with Gasteiger partial charge in [0, 0.05) is 6.54 Å². The number of halogens is 1. The van der Waals surface area contributed by atoms with E-state index in [1.807, 2.05) is 31.2 Å². The molecular formula is C13H15BrN2O2. The maximum Gasteiger partial charge on any atom is 0.122 e. The molecule has 1 aromatic carbocycles. The lowest BCUT2D eigenvalue weighted by atomic mass is 10.1. The SMILES string of the molecule is CCn1ncc(Br)c1C(O)c1cccc(OC)c1. The van der Waals surface area contributed by atoms with Crippen LogP contribution in [-0.2, 0) is 6.54 Å². The number of hydrogen-bond donors (Lipinski definition) is 1. The highest BCUT2D eigenvalue weighted by Gasteiger charge is 2.19. The summed E-state index contributed by atoms with van der Waals surface area (Å²) in [7, 11) is 1.61. The number of aryl methyl sites for hydroxylation is 1. The van der Waals surface area contributed by atoms with Crippen LogP contribution in [0.3, 0.4) is 0 Å². The molecule has 1 atom stereocenters. The Bertz CT molecular complexity index is 540. The van der Waals surface area contributed by atoms with E-state index in [1.54, 1.807) is 18.0 Å². The third-order valence-corrected chi connectivity index (χ3v) is 3.41. The normalized spacial score (nSPS) is 12.4. The molecule has 0 fully saturated rings. The largest absolute Gasteiger partial charge is 0.497 e. The van der Waals surface area contributed by atoms with E-state index < -0.39 is 6.10 Å². The standard InChI is InChI=1S/C13H15BrN2O2/c1-3-16-12(11(14)8-15-16)13(17)9-5-4-6-10(7-9)18-2/h4-8,13,17H,3H2,1-2H3. The molecule has 18 heavy (non-hydrogen) atoms. The van der Waals surface area contributed by atoms with Crippen LogP contribution >= 0.6 is 15.9 Å². The first-order chi connectivity index (χ1) is 8.67. The molecule has 0 radical (unpaired) electrons. The van der Waals surface area contributed by atoms with Crippen LogP contribution in [0.4, 0.5) is 0 Å². The topological polar surface area (TPSA) is 47.3 Å². The molecule has 5 heteroatoms. The lowest BCUT2D eigenvalue weighted by molar-refractivity contribution is 0.206. The van der Waals surface area contributed by atoms with Gasteiger partial charge in [0.15, 0.2) is 0 Å². The predicted octanol–water partition coefficient (Wildman–Crippen LogP) is 2.76. The first-order valence-electron chi connectivity index (χ1n) is 5.70. The number of aromatic nitrogens is 2. The fourth-order valence-corrected chi connectivity index (χ4v) is 2.38. The molecule has 1 heterocycles. The van der Waals surface area contributed by atoms with Crippen LogP contribution in [0.15, 0.2) is 34.9 Å². The summed E-state index contributed by atoms with van der Waals surface area (Å²) in [5.74, 6) is 0.727. The molecule has 0 aliphatic heterocycles. The molecule has 2 aromatic rings. The lowest BCUT2D eigenvalue weighted by Crippen LogP contribution is -2.09. The van der Waals surface area contributed by atoms with Gasteiger partial charge in [-0.2, -0.15) is 5.10 Å². The van der Waals surface area contributed by atoms with E-state index >= 15 is 0 Å². The second kappa shape index (κ2) is 5.54. The van der Waals surface area contributed by atoms with Gasteiger partial charge >= 0.3 is 0 Å². The van der Waals surface area contributed by atoms with Crippen LogP contribution in [0.5, 0.6) is 5.75 Å². The Labute approximate surface area is 114 Å². The minimum atomic E-state index is -0.725. The molecular weight excluding hydrogens is 296 g/mol. The summed E-state index contributed by atoms with van der Waals surface area (Å²) in [5.41, 5.74) is 1.54. The molecule has 0 amide bonds. The van der Waals surface area contributed by atoms with Crippen molar-refractivity contribution in [2.75, 3.05) is 7.11 Å². The van der Waals surface area contributed by atoms with Crippen molar-refractivity contribution in [1.82, 2.24) is 9.78 Å². The molecule has 0 spiro atoms. The molecule has 0 aliphatic rings. The van der Waals surface area contributed by atoms with Crippen molar-refractivity contribution in [3.8, 4) is 5.75 Å². The third kappa shape index (κ3) is 2.42. The lowest BCUT2D eigenvalue weighted by Gasteiger charge is -2.14. The van der Waals surface area contributed by atoms with Gasteiger partial charge in [-0.15, -0.1) is 0 Å². The number of methoxy groups -OCH3 is 1. The van der Waals surface area contributed by atoms with Crippen LogP contribution in [0.2, 0.25) is 0 Å². The number of aliphatic hydroxyl groups is 1. The van der Waals surface area contributed by atoms with Crippen molar-refractivity contribution in [2.24, 2.45) is 0 Å². The summed E-state index contributed by atoms with van der Waals surface area (Å²) in [5, 5.41) is 14.6. The van der Waals surface area contributed by atoms with Crippen molar-refractivity contribution < 1.29 is 9.84 Å². The fourth-order valence-electron chi connectivity index (χ4n) is 1.87. The van der Waals surface area contributed by atoms with Gasteiger partial charge in [0.2, 0.25) is 0 Å². The van der Waals surface area contributed by atoms with E-state index in [-0.39, 0.29) is 0 Å². The van der Waals surface area contributed by atoms with E-state index in [9.17, 15) is 5.11 Å². The molecule has 1 N–H and O–H groups in total. The first-order valence-corrected chi connectivity index (χ1v) is 6.50. The second-order valence-electron chi connectivity index (χ2n) is 3.87. The van der Waals surface area contributed by atoms with Crippen molar-refractivity contribution >= 4 is 15.9 Å².